The molecule has 2 rings (SSSR count). The Balaban J connectivity index is 1.69. The first-order valence-electron chi connectivity index (χ1n) is 8.65. The van der Waals surface area contributed by atoms with Gasteiger partial charge in [0.25, 0.3) is 5.91 Å². The lowest BCUT2D eigenvalue weighted by atomic mass is 10.1. The van der Waals surface area contributed by atoms with Crippen LogP contribution in [0.3, 0.4) is 0 Å². The minimum Gasteiger partial charge on any atom is -0.494 e. The number of benzene rings is 1. The predicted molar refractivity (Wildman–Crippen MR) is 94.1 cm³/mol. The van der Waals surface area contributed by atoms with Gasteiger partial charge in [-0.05, 0) is 30.7 Å². The van der Waals surface area contributed by atoms with E-state index < -0.39 is 0 Å². The first kappa shape index (κ1) is 18.0. The third-order valence-electron chi connectivity index (χ3n) is 3.84. The van der Waals surface area contributed by atoms with Crippen LogP contribution in [0.2, 0.25) is 0 Å². The van der Waals surface area contributed by atoms with E-state index >= 15 is 0 Å². The molecule has 0 saturated carbocycles. The number of aromatic nitrogens is 3. The van der Waals surface area contributed by atoms with Crippen LogP contribution in [-0.2, 0) is 0 Å². The summed E-state index contributed by atoms with van der Waals surface area (Å²) in [4.78, 5) is 15.9. The summed E-state index contributed by atoms with van der Waals surface area (Å²) in [5.41, 5.74) is 5.93. The summed E-state index contributed by atoms with van der Waals surface area (Å²) in [6.07, 6.45) is 10.1. The van der Waals surface area contributed by atoms with Gasteiger partial charge >= 0.3 is 0 Å². The lowest BCUT2D eigenvalue weighted by Gasteiger charge is -2.07. The van der Waals surface area contributed by atoms with Gasteiger partial charge in [-0.1, -0.05) is 45.4 Å². The predicted octanol–water partition coefficient (Wildman–Crippen LogP) is 3.68. The second-order valence-corrected chi connectivity index (χ2v) is 5.85. The van der Waals surface area contributed by atoms with E-state index in [1.54, 1.807) is 24.3 Å². The van der Waals surface area contributed by atoms with Crippen LogP contribution < -0.4 is 10.5 Å². The molecule has 1 aromatic heterocycles. The number of carbonyl (C=O) groups is 1. The second-order valence-electron chi connectivity index (χ2n) is 5.85. The largest absolute Gasteiger partial charge is 0.494 e. The van der Waals surface area contributed by atoms with Gasteiger partial charge in [-0.2, -0.15) is 4.68 Å². The molecule has 0 unspecified atom stereocenters. The molecule has 0 fully saturated rings. The fraction of sp³-hybridized carbons (Fsp3) is 0.500. The van der Waals surface area contributed by atoms with Crippen LogP contribution in [0.1, 0.15) is 62.2 Å². The van der Waals surface area contributed by atoms with Crippen molar-refractivity contribution in [3.63, 3.8) is 0 Å². The maximum Gasteiger partial charge on any atom is 0.279 e. The Morgan fingerprint density at radius 3 is 2.38 bits per heavy atom. The number of unbranched alkanes of at least 4 members (excludes halogenated alkanes) is 6. The number of nitrogen functional groups attached to an aromatic ring is 1. The Hall–Kier alpha value is -2.37. The van der Waals surface area contributed by atoms with E-state index in [0.29, 0.717) is 12.2 Å². The molecule has 0 atom stereocenters. The molecule has 0 aliphatic rings. The molecule has 2 aromatic rings. The fourth-order valence-corrected chi connectivity index (χ4v) is 2.45. The highest BCUT2D eigenvalue weighted by atomic mass is 16.5. The summed E-state index contributed by atoms with van der Waals surface area (Å²) in [6.45, 7) is 2.94. The zero-order valence-corrected chi connectivity index (χ0v) is 14.3. The molecule has 6 heteroatoms. The van der Waals surface area contributed by atoms with E-state index in [4.69, 9.17) is 10.5 Å². The highest BCUT2D eigenvalue weighted by Crippen LogP contribution is 2.14. The lowest BCUT2D eigenvalue weighted by molar-refractivity contribution is 0.0945. The van der Waals surface area contributed by atoms with Gasteiger partial charge < -0.3 is 10.5 Å². The van der Waals surface area contributed by atoms with Crippen LogP contribution in [0.5, 0.6) is 5.75 Å². The first-order chi connectivity index (χ1) is 11.7. The van der Waals surface area contributed by atoms with E-state index in [9.17, 15) is 4.79 Å². The van der Waals surface area contributed by atoms with Crippen molar-refractivity contribution in [1.82, 2.24) is 14.8 Å². The van der Waals surface area contributed by atoms with Gasteiger partial charge in [0.05, 0.1) is 6.61 Å². The number of anilines is 1. The van der Waals surface area contributed by atoms with Crippen LogP contribution in [0.4, 0.5) is 5.95 Å². The fourth-order valence-electron chi connectivity index (χ4n) is 2.45. The van der Waals surface area contributed by atoms with Crippen molar-refractivity contribution in [3.05, 3.63) is 36.2 Å². The van der Waals surface area contributed by atoms with Crippen LogP contribution in [0.15, 0.2) is 30.6 Å². The molecule has 24 heavy (non-hydrogen) atoms. The standard InChI is InChI=1S/C18H26N4O2/c1-2-3-4-5-6-7-8-13-24-16-11-9-15(10-12-16)17(23)22-14-20-18(19)21-22/h9-12,14H,2-8,13H2,1H3,(H2,19,21). The normalized spacial score (nSPS) is 10.7. The number of nitrogens with two attached hydrogens (primary N) is 1. The van der Waals surface area contributed by atoms with E-state index in [1.807, 2.05) is 0 Å². The molecule has 0 saturated heterocycles. The lowest BCUT2D eigenvalue weighted by Crippen LogP contribution is -2.12. The van der Waals surface area contributed by atoms with Gasteiger partial charge in [-0.25, -0.2) is 4.98 Å². The molecule has 2 N–H and O–H groups in total. The third-order valence-corrected chi connectivity index (χ3v) is 3.84. The maximum atomic E-state index is 12.1. The van der Waals surface area contributed by atoms with Crippen LogP contribution in [0.25, 0.3) is 0 Å². The monoisotopic (exact) mass is 330 g/mol. The highest BCUT2D eigenvalue weighted by molar-refractivity contribution is 5.95. The number of ether oxygens (including phenoxy) is 1. The van der Waals surface area contributed by atoms with E-state index in [0.717, 1.165) is 16.9 Å². The van der Waals surface area contributed by atoms with Crippen LogP contribution in [-0.4, -0.2) is 27.3 Å². The van der Waals surface area contributed by atoms with E-state index in [-0.39, 0.29) is 11.9 Å². The summed E-state index contributed by atoms with van der Waals surface area (Å²) < 4.78 is 6.84. The van der Waals surface area contributed by atoms with E-state index in [2.05, 4.69) is 17.0 Å². The minimum atomic E-state index is -0.266. The zero-order valence-electron chi connectivity index (χ0n) is 14.3. The Bertz CT molecular complexity index is 622. The van der Waals surface area contributed by atoms with Gasteiger partial charge in [0, 0.05) is 5.56 Å². The second kappa shape index (κ2) is 9.70. The molecule has 0 bridgehead atoms. The van der Waals surface area contributed by atoms with Crippen molar-refractivity contribution in [3.8, 4) is 5.75 Å². The van der Waals surface area contributed by atoms with Crippen molar-refractivity contribution in [2.24, 2.45) is 0 Å². The number of hydrogen-bond acceptors (Lipinski definition) is 5. The van der Waals surface area contributed by atoms with Crippen molar-refractivity contribution in [2.45, 2.75) is 51.9 Å². The van der Waals surface area contributed by atoms with Gasteiger partial charge in [0.2, 0.25) is 5.95 Å². The molecule has 0 spiro atoms. The maximum absolute atomic E-state index is 12.1. The van der Waals surface area contributed by atoms with Crippen molar-refractivity contribution >= 4 is 11.9 Å². The molecule has 6 nitrogen and oxygen atoms in total. The van der Waals surface area contributed by atoms with Crippen molar-refractivity contribution in [2.75, 3.05) is 12.3 Å². The molecule has 0 aliphatic carbocycles. The quantitative estimate of drug-likeness (QED) is 0.672. The molecule has 130 valence electrons. The number of nitrogens with zero attached hydrogens (tertiary/aromatic N) is 3. The van der Waals surface area contributed by atoms with Crippen molar-refractivity contribution < 1.29 is 9.53 Å². The molecule has 0 radical (unpaired) electrons. The summed E-state index contributed by atoms with van der Waals surface area (Å²) in [5.74, 6) is 0.589. The first-order valence-corrected chi connectivity index (χ1v) is 8.65. The Morgan fingerprint density at radius 2 is 1.75 bits per heavy atom. The minimum absolute atomic E-state index is 0.0815. The van der Waals surface area contributed by atoms with Crippen LogP contribution in [0, 0.1) is 0 Å². The number of rotatable bonds is 10. The topological polar surface area (TPSA) is 83.0 Å². The molecular formula is C18H26N4O2. The molecule has 1 heterocycles. The molecule has 1 aromatic carbocycles. The van der Waals surface area contributed by atoms with Gasteiger partial charge in [-0.15, -0.1) is 5.10 Å². The number of hydrogen-bond donors (Lipinski definition) is 1. The molecule has 0 aliphatic heterocycles. The van der Waals surface area contributed by atoms with Gasteiger partial charge in [-0.3, -0.25) is 4.79 Å². The summed E-state index contributed by atoms with van der Waals surface area (Å²) in [5, 5.41) is 3.81. The van der Waals surface area contributed by atoms with Gasteiger partial charge in [0.15, 0.2) is 0 Å². The highest BCUT2D eigenvalue weighted by Gasteiger charge is 2.10. The van der Waals surface area contributed by atoms with Crippen LogP contribution >= 0.6 is 0 Å². The Morgan fingerprint density at radius 1 is 1.08 bits per heavy atom. The summed E-state index contributed by atoms with van der Waals surface area (Å²) in [6, 6.07) is 7.05. The molecule has 0 amide bonds. The van der Waals surface area contributed by atoms with Crippen molar-refractivity contribution in [1.29, 1.82) is 0 Å². The third kappa shape index (κ3) is 5.68. The van der Waals surface area contributed by atoms with E-state index in [1.165, 1.54) is 44.9 Å². The zero-order chi connectivity index (χ0) is 17.2. The Kier molecular flexibility index (Phi) is 7.26. The average Bonchev–Trinajstić information content (AvgIpc) is 3.03. The summed E-state index contributed by atoms with van der Waals surface area (Å²) in [7, 11) is 0. The number of carbonyl (C=O) groups excluding carboxylic acids is 1. The Labute approximate surface area is 143 Å². The van der Waals surface area contributed by atoms with Gasteiger partial charge in [0.1, 0.15) is 12.1 Å². The molecular weight excluding hydrogens is 304 g/mol. The summed E-state index contributed by atoms with van der Waals surface area (Å²) >= 11 is 0. The smallest absolute Gasteiger partial charge is 0.279 e. The SMILES string of the molecule is CCCCCCCCCOc1ccc(C(=O)n2cnc(N)n2)cc1. The average molecular weight is 330 g/mol.